The van der Waals surface area contributed by atoms with Gasteiger partial charge >= 0.3 is 0 Å². The Balaban J connectivity index is 1.55. The molecule has 3 aromatic heterocycles. The standard InChI is InChI=1S/C24H21F2N5O/c1-13-8-22(32)31-23(28-13)14(2)15(3)24(29-31)30-7-6-21-18(12-30)9-17(11-27-21)16-4-5-19(25)20(26)10-16/h4-5,8-11H,6-7,12H2,1-3H3. The minimum absolute atomic E-state index is 0.212. The molecule has 0 radical (unpaired) electrons. The molecule has 0 aliphatic carbocycles. The van der Waals surface area contributed by atoms with Gasteiger partial charge in [0.05, 0.1) is 0 Å². The van der Waals surface area contributed by atoms with Gasteiger partial charge in [-0.3, -0.25) is 9.78 Å². The van der Waals surface area contributed by atoms with E-state index in [1.54, 1.807) is 19.2 Å². The molecule has 1 aliphatic rings. The Hall–Kier alpha value is -3.68. The molecule has 4 aromatic rings. The van der Waals surface area contributed by atoms with E-state index in [9.17, 15) is 13.6 Å². The number of nitrogens with zero attached hydrogens (tertiary/aromatic N) is 5. The summed E-state index contributed by atoms with van der Waals surface area (Å²) in [5, 5.41) is 4.63. The van der Waals surface area contributed by atoms with Crippen LogP contribution in [0.15, 0.2) is 41.3 Å². The van der Waals surface area contributed by atoms with Crippen molar-refractivity contribution in [1.82, 2.24) is 19.6 Å². The molecule has 32 heavy (non-hydrogen) atoms. The zero-order chi connectivity index (χ0) is 22.6. The fraction of sp³-hybridized carbons (Fsp3) is 0.250. The third kappa shape index (κ3) is 3.32. The smallest absolute Gasteiger partial charge is 0.274 e. The van der Waals surface area contributed by atoms with Crippen molar-refractivity contribution in [2.45, 2.75) is 33.7 Å². The lowest BCUT2D eigenvalue weighted by atomic mass is 9.99. The van der Waals surface area contributed by atoms with Crippen LogP contribution in [-0.4, -0.2) is 26.1 Å². The van der Waals surface area contributed by atoms with Crippen molar-refractivity contribution in [2.24, 2.45) is 0 Å². The Bertz CT molecular complexity index is 1450. The van der Waals surface area contributed by atoms with E-state index < -0.39 is 11.6 Å². The highest BCUT2D eigenvalue weighted by atomic mass is 19.2. The molecule has 5 rings (SSSR count). The summed E-state index contributed by atoms with van der Waals surface area (Å²) in [6.45, 7) is 6.98. The Labute approximate surface area is 183 Å². The van der Waals surface area contributed by atoms with Crippen LogP contribution in [0.1, 0.15) is 28.1 Å². The van der Waals surface area contributed by atoms with Crippen LogP contribution in [0.4, 0.5) is 14.6 Å². The van der Waals surface area contributed by atoms with Gasteiger partial charge in [-0.15, -0.1) is 5.10 Å². The summed E-state index contributed by atoms with van der Waals surface area (Å²) >= 11 is 0. The van der Waals surface area contributed by atoms with Crippen molar-refractivity contribution >= 4 is 11.5 Å². The van der Waals surface area contributed by atoms with Crippen LogP contribution in [0.5, 0.6) is 0 Å². The van der Waals surface area contributed by atoms with Crippen molar-refractivity contribution in [3.8, 4) is 11.1 Å². The highest BCUT2D eigenvalue weighted by Crippen LogP contribution is 2.30. The Morgan fingerprint density at radius 3 is 2.56 bits per heavy atom. The van der Waals surface area contributed by atoms with Crippen LogP contribution in [0.3, 0.4) is 0 Å². The Kier molecular flexibility index (Phi) is 4.73. The number of hydrogen-bond acceptors (Lipinski definition) is 5. The predicted octanol–water partition coefficient (Wildman–Crippen LogP) is 3.92. The highest BCUT2D eigenvalue weighted by molar-refractivity contribution is 5.65. The monoisotopic (exact) mass is 433 g/mol. The van der Waals surface area contributed by atoms with Gasteiger partial charge in [-0.05, 0) is 50.1 Å². The summed E-state index contributed by atoms with van der Waals surface area (Å²) in [7, 11) is 0. The normalized spacial score (nSPS) is 13.5. The molecule has 162 valence electrons. The maximum absolute atomic E-state index is 13.7. The first-order valence-electron chi connectivity index (χ1n) is 10.4. The molecule has 0 bridgehead atoms. The van der Waals surface area contributed by atoms with Crippen LogP contribution in [0.2, 0.25) is 0 Å². The number of rotatable bonds is 2. The number of benzene rings is 1. The van der Waals surface area contributed by atoms with Crippen molar-refractivity contribution in [1.29, 1.82) is 0 Å². The molecule has 6 nitrogen and oxygen atoms in total. The lowest BCUT2D eigenvalue weighted by molar-refractivity contribution is 0.509. The molecule has 0 unspecified atom stereocenters. The number of hydrogen-bond donors (Lipinski definition) is 0. The van der Waals surface area contributed by atoms with E-state index in [0.29, 0.717) is 36.4 Å². The topological polar surface area (TPSA) is 63.4 Å². The summed E-state index contributed by atoms with van der Waals surface area (Å²) in [6, 6.07) is 7.28. The van der Waals surface area contributed by atoms with Crippen molar-refractivity contribution in [3.05, 3.63) is 86.6 Å². The fourth-order valence-corrected chi connectivity index (χ4v) is 4.18. The lowest BCUT2D eigenvalue weighted by Crippen LogP contribution is -2.34. The number of fused-ring (bicyclic) bond motifs is 2. The van der Waals surface area contributed by atoms with Gasteiger partial charge in [0.25, 0.3) is 5.56 Å². The van der Waals surface area contributed by atoms with E-state index in [0.717, 1.165) is 39.8 Å². The van der Waals surface area contributed by atoms with E-state index in [2.05, 4.69) is 20.0 Å². The number of aromatic nitrogens is 4. The zero-order valence-corrected chi connectivity index (χ0v) is 18.0. The molecule has 1 aliphatic heterocycles. The molecule has 0 N–H and O–H groups in total. The summed E-state index contributed by atoms with van der Waals surface area (Å²) in [6.07, 6.45) is 2.41. The van der Waals surface area contributed by atoms with Crippen molar-refractivity contribution < 1.29 is 8.78 Å². The van der Waals surface area contributed by atoms with Gasteiger partial charge in [-0.1, -0.05) is 6.07 Å². The fourth-order valence-electron chi connectivity index (χ4n) is 4.18. The summed E-state index contributed by atoms with van der Waals surface area (Å²) in [4.78, 5) is 23.7. The third-order valence-corrected chi connectivity index (χ3v) is 6.04. The Morgan fingerprint density at radius 1 is 0.969 bits per heavy atom. The second-order valence-electron chi connectivity index (χ2n) is 8.18. The molecule has 4 heterocycles. The van der Waals surface area contributed by atoms with Crippen molar-refractivity contribution in [2.75, 3.05) is 11.4 Å². The first-order valence-corrected chi connectivity index (χ1v) is 10.4. The van der Waals surface area contributed by atoms with Gasteiger partial charge in [0.1, 0.15) is 0 Å². The van der Waals surface area contributed by atoms with Crippen molar-refractivity contribution in [3.63, 3.8) is 0 Å². The van der Waals surface area contributed by atoms with Gasteiger partial charge in [0.2, 0.25) is 0 Å². The van der Waals surface area contributed by atoms with E-state index >= 15 is 0 Å². The molecule has 0 amide bonds. The average Bonchev–Trinajstić information content (AvgIpc) is 2.77. The summed E-state index contributed by atoms with van der Waals surface area (Å²) in [5.41, 5.74) is 6.15. The third-order valence-electron chi connectivity index (χ3n) is 6.04. The van der Waals surface area contributed by atoms with Gasteiger partial charge < -0.3 is 4.90 Å². The zero-order valence-electron chi connectivity index (χ0n) is 18.0. The maximum atomic E-state index is 13.7. The first-order chi connectivity index (χ1) is 15.3. The SMILES string of the molecule is Cc1cc(=O)n2nc(N3CCc4ncc(-c5ccc(F)c(F)c5)cc4C3)c(C)c(C)c2n1. The van der Waals surface area contributed by atoms with E-state index in [-0.39, 0.29) is 5.56 Å². The summed E-state index contributed by atoms with van der Waals surface area (Å²) < 4.78 is 28.4. The molecule has 8 heteroatoms. The predicted molar refractivity (Wildman–Crippen MR) is 118 cm³/mol. The van der Waals surface area contributed by atoms with Crippen LogP contribution in [-0.2, 0) is 13.0 Å². The number of aryl methyl sites for hydroxylation is 2. The molecule has 0 fully saturated rings. The first kappa shape index (κ1) is 20.2. The highest BCUT2D eigenvalue weighted by Gasteiger charge is 2.23. The average molecular weight is 433 g/mol. The van der Waals surface area contributed by atoms with E-state index in [1.165, 1.54) is 16.6 Å². The molecular formula is C24H21F2N5O. The minimum Gasteiger partial charge on any atom is -0.350 e. The molecular weight excluding hydrogens is 412 g/mol. The van der Waals surface area contributed by atoms with Crippen LogP contribution in [0.25, 0.3) is 16.8 Å². The summed E-state index contributed by atoms with van der Waals surface area (Å²) in [5.74, 6) is -1.03. The van der Waals surface area contributed by atoms with Gasteiger partial charge in [0, 0.05) is 59.9 Å². The van der Waals surface area contributed by atoms with Crippen LogP contribution in [0, 0.1) is 32.4 Å². The minimum atomic E-state index is -0.886. The van der Waals surface area contributed by atoms with E-state index in [1.807, 2.05) is 19.9 Å². The molecule has 1 aromatic carbocycles. The second kappa shape index (κ2) is 7.47. The van der Waals surface area contributed by atoms with Gasteiger partial charge in [-0.2, -0.15) is 4.52 Å². The second-order valence-corrected chi connectivity index (χ2v) is 8.18. The van der Waals surface area contributed by atoms with Gasteiger partial charge in [-0.25, -0.2) is 13.8 Å². The molecule has 0 saturated carbocycles. The number of halogens is 2. The van der Waals surface area contributed by atoms with E-state index in [4.69, 9.17) is 0 Å². The van der Waals surface area contributed by atoms with Crippen LogP contribution < -0.4 is 10.5 Å². The number of pyridine rings is 1. The molecule has 0 saturated heterocycles. The number of anilines is 1. The van der Waals surface area contributed by atoms with Crippen LogP contribution >= 0.6 is 0 Å². The maximum Gasteiger partial charge on any atom is 0.274 e. The lowest BCUT2D eigenvalue weighted by Gasteiger charge is -2.31. The largest absolute Gasteiger partial charge is 0.350 e. The molecule has 0 spiro atoms. The molecule has 0 atom stereocenters. The van der Waals surface area contributed by atoms with Gasteiger partial charge in [0.15, 0.2) is 23.1 Å². The quantitative estimate of drug-likeness (QED) is 0.480. The Morgan fingerprint density at radius 2 is 1.78 bits per heavy atom.